The SMILES string of the molecule is CCOC(=O)C[C@H](N)C(=O)OCc1ccccc1. The molecule has 0 radical (unpaired) electrons. The first-order valence-corrected chi connectivity index (χ1v) is 5.75. The molecule has 1 rings (SSSR count). The van der Waals surface area contributed by atoms with Gasteiger partial charge in [0.1, 0.15) is 12.6 Å². The van der Waals surface area contributed by atoms with Crippen molar-refractivity contribution in [3.8, 4) is 0 Å². The van der Waals surface area contributed by atoms with Crippen LogP contribution in [0.15, 0.2) is 30.3 Å². The van der Waals surface area contributed by atoms with Crippen LogP contribution in [0.2, 0.25) is 0 Å². The van der Waals surface area contributed by atoms with Gasteiger partial charge in [0.15, 0.2) is 0 Å². The molecule has 0 saturated carbocycles. The van der Waals surface area contributed by atoms with Gasteiger partial charge >= 0.3 is 11.9 Å². The molecule has 0 spiro atoms. The van der Waals surface area contributed by atoms with Crippen LogP contribution < -0.4 is 5.73 Å². The van der Waals surface area contributed by atoms with E-state index in [1.54, 1.807) is 6.92 Å². The minimum absolute atomic E-state index is 0.149. The average Bonchev–Trinajstić information content (AvgIpc) is 2.37. The summed E-state index contributed by atoms with van der Waals surface area (Å²) >= 11 is 0. The van der Waals surface area contributed by atoms with E-state index in [4.69, 9.17) is 15.2 Å². The Kier molecular flexibility index (Phi) is 5.87. The molecule has 5 heteroatoms. The van der Waals surface area contributed by atoms with Crippen LogP contribution >= 0.6 is 0 Å². The molecule has 0 aliphatic heterocycles. The van der Waals surface area contributed by atoms with Crippen LogP contribution in [0.5, 0.6) is 0 Å². The molecule has 1 aromatic rings. The molecule has 0 heterocycles. The predicted molar refractivity (Wildman–Crippen MR) is 65.5 cm³/mol. The van der Waals surface area contributed by atoms with Gasteiger partial charge in [-0.1, -0.05) is 30.3 Å². The number of esters is 2. The maximum absolute atomic E-state index is 11.5. The van der Waals surface area contributed by atoms with Gasteiger partial charge in [-0.15, -0.1) is 0 Å². The van der Waals surface area contributed by atoms with Gasteiger partial charge in [0.05, 0.1) is 13.0 Å². The molecule has 0 bridgehead atoms. The Morgan fingerprint density at radius 3 is 2.50 bits per heavy atom. The summed E-state index contributed by atoms with van der Waals surface area (Å²) in [6.45, 7) is 2.11. The summed E-state index contributed by atoms with van der Waals surface area (Å²) in [6.07, 6.45) is -0.165. The van der Waals surface area contributed by atoms with Crippen LogP contribution in [0.25, 0.3) is 0 Å². The number of hydrogen-bond acceptors (Lipinski definition) is 5. The number of carbonyl (C=O) groups is 2. The van der Waals surface area contributed by atoms with E-state index in [0.29, 0.717) is 0 Å². The molecular weight excluding hydrogens is 234 g/mol. The Morgan fingerprint density at radius 2 is 1.89 bits per heavy atom. The highest BCUT2D eigenvalue weighted by Gasteiger charge is 2.19. The van der Waals surface area contributed by atoms with Gasteiger partial charge in [-0.3, -0.25) is 9.59 Å². The number of benzene rings is 1. The second-order valence-electron chi connectivity index (χ2n) is 3.71. The number of ether oxygens (including phenoxy) is 2. The fourth-order valence-corrected chi connectivity index (χ4v) is 1.32. The Morgan fingerprint density at radius 1 is 1.22 bits per heavy atom. The minimum Gasteiger partial charge on any atom is -0.466 e. The molecule has 0 aromatic heterocycles. The van der Waals surface area contributed by atoms with E-state index in [9.17, 15) is 9.59 Å². The first-order chi connectivity index (χ1) is 8.63. The number of nitrogens with two attached hydrogens (primary N) is 1. The van der Waals surface area contributed by atoms with Crippen molar-refractivity contribution < 1.29 is 19.1 Å². The van der Waals surface area contributed by atoms with Crippen molar-refractivity contribution in [2.75, 3.05) is 6.61 Å². The fourth-order valence-electron chi connectivity index (χ4n) is 1.32. The fraction of sp³-hybridized carbons (Fsp3) is 0.385. The van der Waals surface area contributed by atoms with Gasteiger partial charge in [-0.05, 0) is 12.5 Å². The van der Waals surface area contributed by atoms with Crippen molar-refractivity contribution in [1.29, 1.82) is 0 Å². The number of rotatable bonds is 6. The summed E-state index contributed by atoms with van der Waals surface area (Å²) in [5.41, 5.74) is 6.41. The molecule has 5 nitrogen and oxygen atoms in total. The second kappa shape index (κ2) is 7.45. The lowest BCUT2D eigenvalue weighted by Crippen LogP contribution is -2.35. The maximum atomic E-state index is 11.5. The molecule has 18 heavy (non-hydrogen) atoms. The molecule has 0 aliphatic rings. The topological polar surface area (TPSA) is 78.6 Å². The molecule has 0 amide bonds. The number of carbonyl (C=O) groups excluding carboxylic acids is 2. The van der Waals surface area contributed by atoms with Crippen LogP contribution in [-0.2, 0) is 25.7 Å². The third-order valence-electron chi connectivity index (χ3n) is 2.22. The molecule has 0 saturated heterocycles. The normalized spacial score (nSPS) is 11.7. The zero-order valence-corrected chi connectivity index (χ0v) is 10.3. The summed E-state index contributed by atoms with van der Waals surface area (Å²) < 4.78 is 9.70. The average molecular weight is 251 g/mol. The minimum atomic E-state index is -0.979. The molecule has 0 fully saturated rings. The lowest BCUT2D eigenvalue weighted by Gasteiger charge is -2.10. The maximum Gasteiger partial charge on any atom is 0.323 e. The van der Waals surface area contributed by atoms with E-state index in [0.717, 1.165) is 5.56 Å². The lowest BCUT2D eigenvalue weighted by molar-refractivity contribution is -0.152. The molecule has 98 valence electrons. The van der Waals surface area contributed by atoms with Gasteiger partial charge in [0.2, 0.25) is 0 Å². The Hall–Kier alpha value is -1.88. The standard InChI is InChI=1S/C13H17NO4/c1-2-17-12(15)8-11(14)13(16)18-9-10-6-4-3-5-7-10/h3-7,11H,2,8-9,14H2,1H3/t11-/m0/s1. The van der Waals surface area contributed by atoms with Crippen LogP contribution in [0, 0.1) is 0 Å². The van der Waals surface area contributed by atoms with Gasteiger partial charge in [-0.2, -0.15) is 0 Å². The molecular formula is C13H17NO4. The molecule has 1 atom stereocenters. The van der Waals surface area contributed by atoms with E-state index in [-0.39, 0.29) is 19.6 Å². The van der Waals surface area contributed by atoms with Crippen molar-refractivity contribution in [1.82, 2.24) is 0 Å². The van der Waals surface area contributed by atoms with E-state index < -0.39 is 18.0 Å². The van der Waals surface area contributed by atoms with Crippen LogP contribution in [0.1, 0.15) is 18.9 Å². The molecule has 2 N–H and O–H groups in total. The third kappa shape index (κ3) is 4.97. The molecule has 1 aromatic carbocycles. The van der Waals surface area contributed by atoms with Gasteiger partial charge in [0.25, 0.3) is 0 Å². The Bertz CT molecular complexity index is 391. The Labute approximate surface area is 106 Å². The van der Waals surface area contributed by atoms with Crippen molar-refractivity contribution in [3.63, 3.8) is 0 Å². The summed E-state index contributed by atoms with van der Waals surface area (Å²) in [6, 6.07) is 8.27. The quantitative estimate of drug-likeness (QED) is 0.763. The second-order valence-corrected chi connectivity index (χ2v) is 3.71. The van der Waals surface area contributed by atoms with E-state index >= 15 is 0 Å². The van der Waals surface area contributed by atoms with Crippen molar-refractivity contribution in [2.45, 2.75) is 26.0 Å². The summed E-state index contributed by atoms with van der Waals surface area (Å²) in [7, 11) is 0. The van der Waals surface area contributed by atoms with E-state index in [1.165, 1.54) is 0 Å². The highest BCUT2D eigenvalue weighted by Crippen LogP contribution is 2.03. The Balaban J connectivity index is 2.34. The highest BCUT2D eigenvalue weighted by molar-refractivity contribution is 5.82. The van der Waals surface area contributed by atoms with Gasteiger partial charge in [0, 0.05) is 0 Å². The van der Waals surface area contributed by atoms with Gasteiger partial charge < -0.3 is 15.2 Å². The smallest absolute Gasteiger partial charge is 0.323 e. The molecule has 0 aliphatic carbocycles. The zero-order valence-electron chi connectivity index (χ0n) is 10.3. The lowest BCUT2D eigenvalue weighted by atomic mass is 10.2. The highest BCUT2D eigenvalue weighted by atomic mass is 16.5. The van der Waals surface area contributed by atoms with Crippen LogP contribution in [-0.4, -0.2) is 24.6 Å². The van der Waals surface area contributed by atoms with E-state index in [2.05, 4.69) is 0 Å². The monoisotopic (exact) mass is 251 g/mol. The van der Waals surface area contributed by atoms with Crippen LogP contribution in [0.3, 0.4) is 0 Å². The van der Waals surface area contributed by atoms with Crippen LogP contribution in [0.4, 0.5) is 0 Å². The largest absolute Gasteiger partial charge is 0.466 e. The summed E-state index contributed by atoms with van der Waals surface area (Å²) in [5.74, 6) is -1.10. The third-order valence-corrected chi connectivity index (χ3v) is 2.22. The van der Waals surface area contributed by atoms with Crippen molar-refractivity contribution in [3.05, 3.63) is 35.9 Å². The van der Waals surface area contributed by atoms with Gasteiger partial charge in [-0.25, -0.2) is 0 Å². The van der Waals surface area contributed by atoms with E-state index in [1.807, 2.05) is 30.3 Å². The van der Waals surface area contributed by atoms with Crippen molar-refractivity contribution >= 4 is 11.9 Å². The zero-order chi connectivity index (χ0) is 13.4. The molecule has 0 unspecified atom stereocenters. The number of hydrogen-bond donors (Lipinski definition) is 1. The first kappa shape index (κ1) is 14.2. The summed E-state index contributed by atoms with van der Waals surface area (Å²) in [5, 5.41) is 0. The first-order valence-electron chi connectivity index (χ1n) is 5.75. The van der Waals surface area contributed by atoms with Crippen molar-refractivity contribution in [2.24, 2.45) is 5.73 Å². The predicted octanol–water partition coefficient (Wildman–Crippen LogP) is 1.01. The summed E-state index contributed by atoms with van der Waals surface area (Å²) in [4.78, 5) is 22.6.